The number of carbonyl (C=O) groups is 1. The van der Waals surface area contributed by atoms with Crippen LogP contribution in [0.3, 0.4) is 0 Å². The topological polar surface area (TPSA) is 76.0 Å². The van der Waals surface area contributed by atoms with E-state index in [9.17, 15) is 15.0 Å². The van der Waals surface area contributed by atoms with E-state index >= 15 is 0 Å². The molecule has 0 radical (unpaired) electrons. The second-order valence-corrected chi connectivity index (χ2v) is 3.38. The quantitative estimate of drug-likeness (QED) is 0.786. The summed E-state index contributed by atoms with van der Waals surface area (Å²) in [7, 11) is 2.53. The molecule has 5 nitrogen and oxygen atoms in total. The van der Waals surface area contributed by atoms with Gasteiger partial charge in [-0.3, -0.25) is 0 Å². The Morgan fingerprint density at radius 3 is 2.56 bits per heavy atom. The van der Waals surface area contributed by atoms with Crippen LogP contribution in [0.1, 0.15) is 11.7 Å². The Bertz CT molecular complexity index is 404. The molecule has 0 aliphatic heterocycles. The molecule has 1 rings (SSSR count). The zero-order valence-corrected chi connectivity index (χ0v) is 9.49. The van der Waals surface area contributed by atoms with Gasteiger partial charge in [-0.1, -0.05) is 11.6 Å². The number of phenols is 1. The van der Waals surface area contributed by atoms with Crippen molar-refractivity contribution >= 4 is 17.6 Å². The zero-order chi connectivity index (χ0) is 12.3. The Hall–Kier alpha value is -1.46. The molecule has 0 saturated heterocycles. The third-order valence-corrected chi connectivity index (χ3v) is 2.31. The Kier molecular flexibility index (Phi) is 3.98. The van der Waals surface area contributed by atoms with Gasteiger partial charge in [0.05, 0.1) is 19.2 Å². The summed E-state index contributed by atoms with van der Waals surface area (Å²) in [6, 6.07) is 2.67. The normalized spacial score (nSPS) is 12.0. The van der Waals surface area contributed by atoms with Crippen molar-refractivity contribution in [3.63, 3.8) is 0 Å². The lowest BCUT2D eigenvalue weighted by atomic mass is 10.1. The van der Waals surface area contributed by atoms with Crippen LogP contribution in [0, 0.1) is 0 Å². The minimum absolute atomic E-state index is 0.0164. The molecule has 2 N–H and O–H groups in total. The first-order chi connectivity index (χ1) is 7.51. The minimum atomic E-state index is -1.60. The largest absolute Gasteiger partial charge is 0.506 e. The van der Waals surface area contributed by atoms with E-state index in [0.29, 0.717) is 5.75 Å². The van der Waals surface area contributed by atoms with Crippen LogP contribution in [0.25, 0.3) is 0 Å². The molecule has 88 valence electrons. The van der Waals surface area contributed by atoms with Gasteiger partial charge in [-0.15, -0.1) is 0 Å². The smallest absolute Gasteiger partial charge is 0.339 e. The first-order valence-electron chi connectivity index (χ1n) is 4.33. The Morgan fingerprint density at radius 2 is 2.06 bits per heavy atom. The van der Waals surface area contributed by atoms with E-state index in [-0.39, 0.29) is 16.3 Å². The van der Waals surface area contributed by atoms with Crippen molar-refractivity contribution in [1.29, 1.82) is 0 Å². The second-order valence-electron chi connectivity index (χ2n) is 2.97. The highest BCUT2D eigenvalue weighted by Crippen LogP contribution is 2.36. The third-order valence-electron chi connectivity index (χ3n) is 2.02. The van der Waals surface area contributed by atoms with Gasteiger partial charge in [-0.25, -0.2) is 4.79 Å². The van der Waals surface area contributed by atoms with Crippen molar-refractivity contribution in [2.24, 2.45) is 0 Å². The number of ether oxygens (including phenoxy) is 2. The number of benzene rings is 1. The fourth-order valence-corrected chi connectivity index (χ4v) is 1.38. The molecule has 0 fully saturated rings. The number of carbonyl (C=O) groups excluding carboxylic acids is 1. The highest BCUT2D eigenvalue weighted by atomic mass is 35.5. The number of halogens is 1. The second kappa shape index (κ2) is 5.05. The standard InChI is InChI=1S/C10H11ClO5/c1-15-5-3-6(8(12)7(11)4-5)9(13)10(14)16-2/h3-4,9,12-13H,1-2H3. The summed E-state index contributed by atoms with van der Waals surface area (Å²) in [4.78, 5) is 11.1. The number of esters is 1. The summed E-state index contributed by atoms with van der Waals surface area (Å²) >= 11 is 5.70. The molecule has 0 aromatic heterocycles. The lowest BCUT2D eigenvalue weighted by Crippen LogP contribution is -2.13. The molecule has 1 unspecified atom stereocenters. The molecule has 0 bridgehead atoms. The molecule has 16 heavy (non-hydrogen) atoms. The third kappa shape index (κ3) is 2.37. The average Bonchev–Trinajstić information content (AvgIpc) is 2.30. The predicted molar refractivity (Wildman–Crippen MR) is 56.6 cm³/mol. The van der Waals surface area contributed by atoms with Gasteiger partial charge in [0.1, 0.15) is 11.5 Å². The predicted octanol–water partition coefficient (Wildman–Crippen LogP) is 1.26. The van der Waals surface area contributed by atoms with Crippen molar-refractivity contribution in [2.45, 2.75) is 6.10 Å². The number of hydrogen-bond acceptors (Lipinski definition) is 5. The Morgan fingerprint density at radius 1 is 1.44 bits per heavy atom. The van der Waals surface area contributed by atoms with Gasteiger partial charge >= 0.3 is 5.97 Å². The zero-order valence-electron chi connectivity index (χ0n) is 8.73. The fourth-order valence-electron chi connectivity index (χ4n) is 1.16. The van der Waals surface area contributed by atoms with Crippen molar-refractivity contribution in [1.82, 2.24) is 0 Å². The fraction of sp³-hybridized carbons (Fsp3) is 0.300. The first-order valence-corrected chi connectivity index (χ1v) is 4.71. The van der Waals surface area contributed by atoms with Crippen LogP contribution in [0.4, 0.5) is 0 Å². The van der Waals surface area contributed by atoms with E-state index in [1.54, 1.807) is 0 Å². The molecular formula is C10H11ClO5. The molecule has 0 aliphatic carbocycles. The Balaban J connectivity index is 3.21. The highest BCUT2D eigenvalue weighted by molar-refractivity contribution is 6.32. The van der Waals surface area contributed by atoms with Crippen molar-refractivity contribution in [3.05, 3.63) is 22.7 Å². The number of methoxy groups -OCH3 is 2. The summed E-state index contributed by atoms with van der Waals surface area (Å²) in [6.07, 6.45) is -1.60. The van der Waals surface area contributed by atoms with Crippen molar-refractivity contribution in [3.8, 4) is 11.5 Å². The minimum Gasteiger partial charge on any atom is -0.506 e. The Labute approximate surface area is 97.2 Å². The molecule has 0 aliphatic rings. The van der Waals surface area contributed by atoms with Crippen LogP contribution in [-0.4, -0.2) is 30.4 Å². The monoisotopic (exact) mass is 246 g/mol. The number of aromatic hydroxyl groups is 1. The SMILES string of the molecule is COC(=O)C(O)c1cc(OC)cc(Cl)c1O. The molecule has 0 amide bonds. The molecule has 1 atom stereocenters. The molecular weight excluding hydrogens is 236 g/mol. The maximum absolute atomic E-state index is 11.1. The van der Waals surface area contributed by atoms with Crippen LogP contribution < -0.4 is 4.74 Å². The van der Waals surface area contributed by atoms with Crippen LogP contribution in [0.5, 0.6) is 11.5 Å². The van der Waals surface area contributed by atoms with Gasteiger partial charge in [-0.2, -0.15) is 0 Å². The van der Waals surface area contributed by atoms with E-state index in [1.807, 2.05) is 0 Å². The number of phenolic OH excluding ortho intramolecular Hbond substituents is 1. The summed E-state index contributed by atoms with van der Waals surface area (Å²) in [5.41, 5.74) is -0.0591. The number of rotatable bonds is 3. The van der Waals surface area contributed by atoms with Crippen molar-refractivity contribution < 1.29 is 24.5 Å². The number of aliphatic hydroxyl groups excluding tert-OH is 1. The molecule has 6 heteroatoms. The molecule has 1 aromatic carbocycles. The maximum Gasteiger partial charge on any atom is 0.339 e. The van der Waals surface area contributed by atoms with Gasteiger partial charge in [-0.05, 0) is 6.07 Å². The number of aliphatic hydroxyl groups is 1. The summed E-state index contributed by atoms with van der Waals surface area (Å²) < 4.78 is 9.25. The highest BCUT2D eigenvalue weighted by Gasteiger charge is 2.23. The molecule has 1 aromatic rings. The van der Waals surface area contributed by atoms with Crippen molar-refractivity contribution in [2.75, 3.05) is 14.2 Å². The lowest BCUT2D eigenvalue weighted by molar-refractivity contribution is -0.150. The van der Waals surface area contributed by atoms with Crippen LogP contribution in [-0.2, 0) is 9.53 Å². The molecule has 0 saturated carbocycles. The first kappa shape index (κ1) is 12.6. The van der Waals surface area contributed by atoms with Gasteiger partial charge in [0.25, 0.3) is 0 Å². The molecule has 0 spiro atoms. The number of hydrogen-bond donors (Lipinski definition) is 2. The summed E-state index contributed by atoms with van der Waals surface area (Å²) in [5, 5.41) is 19.1. The van der Waals surface area contributed by atoms with E-state index in [0.717, 1.165) is 7.11 Å². The van der Waals surface area contributed by atoms with Gasteiger partial charge in [0.15, 0.2) is 6.10 Å². The van der Waals surface area contributed by atoms with E-state index in [4.69, 9.17) is 16.3 Å². The van der Waals surface area contributed by atoms with Gasteiger partial charge in [0.2, 0.25) is 0 Å². The van der Waals surface area contributed by atoms with E-state index in [1.165, 1.54) is 19.2 Å². The van der Waals surface area contributed by atoms with E-state index in [2.05, 4.69) is 4.74 Å². The summed E-state index contributed by atoms with van der Waals surface area (Å²) in [6.45, 7) is 0. The van der Waals surface area contributed by atoms with Gasteiger partial charge in [0, 0.05) is 11.6 Å². The average molecular weight is 247 g/mol. The van der Waals surface area contributed by atoms with Crippen LogP contribution >= 0.6 is 11.6 Å². The lowest BCUT2D eigenvalue weighted by Gasteiger charge is -2.13. The van der Waals surface area contributed by atoms with Crippen LogP contribution in [0.15, 0.2) is 12.1 Å². The van der Waals surface area contributed by atoms with Gasteiger partial charge < -0.3 is 19.7 Å². The maximum atomic E-state index is 11.1. The molecule has 0 heterocycles. The van der Waals surface area contributed by atoms with Crippen LogP contribution in [0.2, 0.25) is 5.02 Å². The van der Waals surface area contributed by atoms with E-state index < -0.39 is 12.1 Å². The summed E-state index contributed by atoms with van der Waals surface area (Å²) in [5.74, 6) is -0.944.